The zero-order valence-electron chi connectivity index (χ0n) is 16.1. The summed E-state index contributed by atoms with van der Waals surface area (Å²) in [5.74, 6) is 0.996. The highest BCUT2D eigenvalue weighted by molar-refractivity contribution is 5.70. The number of ether oxygens (including phenoxy) is 1. The lowest BCUT2D eigenvalue weighted by molar-refractivity contribution is -0.00151. The van der Waals surface area contributed by atoms with Crippen molar-refractivity contribution in [2.24, 2.45) is 0 Å². The summed E-state index contributed by atoms with van der Waals surface area (Å²) < 4.78 is 11.2. The number of oxazole rings is 1. The second-order valence-corrected chi connectivity index (χ2v) is 7.88. The van der Waals surface area contributed by atoms with Gasteiger partial charge in [0.2, 0.25) is 0 Å². The minimum Gasteiger partial charge on any atom is -0.449 e. The van der Waals surface area contributed by atoms with Gasteiger partial charge in [-0.05, 0) is 11.5 Å². The molecule has 2 aromatic rings. The van der Waals surface area contributed by atoms with E-state index < -0.39 is 0 Å². The molecule has 3 heterocycles. The predicted molar refractivity (Wildman–Crippen MR) is 101 cm³/mol. The fourth-order valence-electron chi connectivity index (χ4n) is 4.14. The Hall–Kier alpha value is -2.34. The summed E-state index contributed by atoms with van der Waals surface area (Å²) in [4.78, 5) is 21.1. The number of aromatic nitrogens is 1. The number of carbonyl (C=O) groups excluding carboxylic acids is 1. The van der Waals surface area contributed by atoms with E-state index in [1.54, 1.807) is 6.26 Å². The maximum Gasteiger partial charge on any atom is 0.410 e. The molecule has 1 aromatic heterocycles. The number of aryl methyl sites for hydroxylation is 1. The number of hydrogen-bond acceptors (Lipinski definition) is 5. The highest BCUT2D eigenvalue weighted by Gasteiger charge is 2.47. The number of amides is 1. The van der Waals surface area contributed by atoms with E-state index in [-0.39, 0.29) is 11.7 Å². The Morgan fingerprint density at radius 2 is 1.96 bits per heavy atom. The zero-order chi connectivity index (χ0) is 18.9. The lowest BCUT2D eigenvalue weighted by Crippen LogP contribution is -2.46. The number of piperidine rings is 1. The molecule has 1 aromatic carbocycles. The number of rotatable bonds is 5. The number of likely N-dealkylation sites (tertiary alicyclic amines) is 1. The van der Waals surface area contributed by atoms with Gasteiger partial charge in [0.1, 0.15) is 11.9 Å². The van der Waals surface area contributed by atoms with Crippen molar-refractivity contribution >= 4 is 6.09 Å². The van der Waals surface area contributed by atoms with Gasteiger partial charge in [0, 0.05) is 45.9 Å². The molecular formula is C21H27N3O3. The van der Waals surface area contributed by atoms with Crippen molar-refractivity contribution in [3.63, 3.8) is 0 Å². The van der Waals surface area contributed by atoms with Crippen LogP contribution in [0.3, 0.4) is 0 Å². The van der Waals surface area contributed by atoms with Crippen LogP contribution in [0.15, 0.2) is 41.0 Å². The van der Waals surface area contributed by atoms with E-state index in [0.717, 1.165) is 38.2 Å². The second kappa shape index (κ2) is 7.35. The fourth-order valence-corrected chi connectivity index (χ4v) is 4.14. The molecule has 0 bridgehead atoms. The summed E-state index contributed by atoms with van der Waals surface area (Å²) in [5, 5.41) is 0. The van der Waals surface area contributed by atoms with Crippen LogP contribution in [-0.2, 0) is 11.3 Å². The maximum atomic E-state index is 12.5. The lowest BCUT2D eigenvalue weighted by atomic mass is 9.91. The summed E-state index contributed by atoms with van der Waals surface area (Å²) in [6.07, 6.45) is 3.29. The molecule has 0 N–H and O–H groups in total. The number of benzene rings is 1. The average Bonchev–Trinajstić information content (AvgIpc) is 3.21. The molecule has 2 fully saturated rings. The molecule has 144 valence electrons. The van der Waals surface area contributed by atoms with Gasteiger partial charge in [0.15, 0.2) is 5.89 Å². The Morgan fingerprint density at radius 3 is 2.63 bits per heavy atom. The van der Waals surface area contributed by atoms with Crippen molar-refractivity contribution < 1.29 is 13.9 Å². The van der Waals surface area contributed by atoms with Crippen molar-refractivity contribution in [2.45, 2.75) is 44.8 Å². The molecule has 0 saturated carbocycles. The lowest BCUT2D eigenvalue weighted by Gasteiger charge is -2.37. The molecule has 2 aliphatic rings. The summed E-state index contributed by atoms with van der Waals surface area (Å²) in [6.45, 7) is 8.01. The minimum absolute atomic E-state index is 0.168. The van der Waals surface area contributed by atoms with Crippen LogP contribution in [0.5, 0.6) is 0 Å². The summed E-state index contributed by atoms with van der Waals surface area (Å²) >= 11 is 0. The second-order valence-electron chi connectivity index (χ2n) is 7.88. The van der Waals surface area contributed by atoms with Crippen LogP contribution in [0.1, 0.15) is 42.8 Å². The van der Waals surface area contributed by atoms with Gasteiger partial charge >= 0.3 is 6.09 Å². The third-order valence-electron chi connectivity index (χ3n) is 5.72. The molecule has 0 radical (unpaired) electrons. The largest absolute Gasteiger partial charge is 0.449 e. The standard InChI is InChI=1S/C21H27N3O3/c1-16(18-6-4-3-5-7-18)12-24-15-21(27-20(24)25)8-10-23(11-9-21)13-19-14-26-17(2)22-19/h3-7,14,16H,8-13,15H2,1-2H3/t16-/m1/s1. The Kier molecular flexibility index (Phi) is 4.91. The van der Waals surface area contributed by atoms with Crippen LogP contribution >= 0.6 is 0 Å². The third-order valence-corrected chi connectivity index (χ3v) is 5.72. The molecule has 27 heavy (non-hydrogen) atoms. The fraction of sp³-hybridized carbons (Fsp3) is 0.524. The predicted octanol–water partition coefficient (Wildman–Crippen LogP) is 3.57. The summed E-state index contributed by atoms with van der Waals surface area (Å²) in [7, 11) is 0. The highest BCUT2D eigenvalue weighted by Crippen LogP contribution is 2.34. The van der Waals surface area contributed by atoms with E-state index in [0.29, 0.717) is 24.9 Å². The first-order chi connectivity index (χ1) is 13.0. The van der Waals surface area contributed by atoms with Gasteiger partial charge in [-0.2, -0.15) is 0 Å². The van der Waals surface area contributed by atoms with Gasteiger partial charge in [0.25, 0.3) is 0 Å². The Bertz CT molecular complexity index is 781. The van der Waals surface area contributed by atoms with Crippen molar-refractivity contribution in [3.05, 3.63) is 53.7 Å². The van der Waals surface area contributed by atoms with E-state index in [2.05, 4.69) is 28.9 Å². The molecule has 2 aliphatic heterocycles. The molecule has 0 unspecified atom stereocenters. The molecule has 1 spiro atoms. The Morgan fingerprint density at radius 1 is 1.22 bits per heavy atom. The smallest absolute Gasteiger partial charge is 0.410 e. The molecule has 1 atom stereocenters. The molecule has 1 amide bonds. The molecule has 6 heteroatoms. The number of nitrogens with zero attached hydrogens (tertiary/aromatic N) is 3. The van der Waals surface area contributed by atoms with Crippen molar-refractivity contribution in [1.82, 2.24) is 14.8 Å². The minimum atomic E-state index is -0.330. The first-order valence-corrected chi connectivity index (χ1v) is 9.69. The first kappa shape index (κ1) is 18.0. The van der Waals surface area contributed by atoms with Gasteiger partial charge in [-0.3, -0.25) is 4.90 Å². The van der Waals surface area contributed by atoms with Gasteiger partial charge in [0.05, 0.1) is 12.2 Å². The van der Waals surface area contributed by atoms with Gasteiger partial charge in [-0.25, -0.2) is 9.78 Å². The van der Waals surface area contributed by atoms with E-state index in [1.807, 2.05) is 30.0 Å². The van der Waals surface area contributed by atoms with E-state index >= 15 is 0 Å². The van der Waals surface area contributed by atoms with Gasteiger partial charge in [-0.15, -0.1) is 0 Å². The van der Waals surface area contributed by atoms with Crippen LogP contribution in [0, 0.1) is 6.92 Å². The van der Waals surface area contributed by atoms with E-state index in [9.17, 15) is 4.79 Å². The monoisotopic (exact) mass is 369 g/mol. The normalized spacial score (nSPS) is 20.8. The molecule has 2 saturated heterocycles. The topological polar surface area (TPSA) is 58.8 Å². The average molecular weight is 369 g/mol. The van der Waals surface area contributed by atoms with Gasteiger partial charge in [-0.1, -0.05) is 37.3 Å². The Labute approximate surface area is 160 Å². The first-order valence-electron chi connectivity index (χ1n) is 9.69. The number of hydrogen-bond donors (Lipinski definition) is 0. The summed E-state index contributed by atoms with van der Waals surface area (Å²) in [6, 6.07) is 10.3. The quantitative estimate of drug-likeness (QED) is 0.806. The molecular weight excluding hydrogens is 342 g/mol. The molecule has 4 rings (SSSR count). The van der Waals surface area contributed by atoms with Gasteiger partial charge < -0.3 is 14.1 Å². The van der Waals surface area contributed by atoms with Crippen LogP contribution in [-0.4, -0.2) is 52.7 Å². The van der Waals surface area contributed by atoms with Crippen LogP contribution < -0.4 is 0 Å². The van der Waals surface area contributed by atoms with Crippen LogP contribution in [0.25, 0.3) is 0 Å². The zero-order valence-corrected chi connectivity index (χ0v) is 16.1. The summed E-state index contributed by atoms with van der Waals surface area (Å²) in [5.41, 5.74) is 1.89. The van der Waals surface area contributed by atoms with Crippen LogP contribution in [0.4, 0.5) is 4.79 Å². The van der Waals surface area contributed by atoms with Crippen molar-refractivity contribution in [1.29, 1.82) is 0 Å². The number of carbonyl (C=O) groups is 1. The van der Waals surface area contributed by atoms with E-state index in [4.69, 9.17) is 9.15 Å². The molecule has 0 aliphatic carbocycles. The Balaban J connectivity index is 1.32. The third kappa shape index (κ3) is 4.00. The van der Waals surface area contributed by atoms with Crippen LogP contribution in [0.2, 0.25) is 0 Å². The van der Waals surface area contributed by atoms with Crippen molar-refractivity contribution in [2.75, 3.05) is 26.2 Å². The van der Waals surface area contributed by atoms with Crippen molar-refractivity contribution in [3.8, 4) is 0 Å². The SMILES string of the molecule is Cc1nc(CN2CCC3(CC2)CN(C[C@@H](C)c2ccccc2)C(=O)O3)co1. The van der Waals surface area contributed by atoms with E-state index in [1.165, 1.54) is 5.56 Å². The molecule has 6 nitrogen and oxygen atoms in total. The maximum absolute atomic E-state index is 12.5. The highest BCUT2D eigenvalue weighted by atomic mass is 16.6.